The Morgan fingerprint density at radius 3 is 1.33 bits per heavy atom. The van der Waals surface area contributed by atoms with Gasteiger partial charge in [-0.05, 0) is 51.4 Å². The molecule has 1 aliphatic rings. The fourth-order valence-electron chi connectivity index (χ4n) is 7.94. The molecule has 2 unspecified atom stereocenters. The molecule has 0 aromatic carbocycles. The van der Waals surface area contributed by atoms with E-state index in [-0.39, 0.29) is 26.1 Å². The van der Waals surface area contributed by atoms with Gasteiger partial charge in [-0.2, -0.15) is 0 Å². The predicted molar refractivity (Wildman–Crippen MR) is 270 cm³/mol. The molecule has 0 amide bonds. The Morgan fingerprint density at radius 2 is 0.879 bits per heavy atom. The number of unbranched alkanes of at least 4 members (excludes halogenated alkanes) is 24. The Hall–Kier alpha value is -2.60. The Morgan fingerprint density at radius 1 is 0.470 bits per heavy atom. The zero-order valence-electron chi connectivity index (χ0n) is 41.9. The summed E-state index contributed by atoms with van der Waals surface area (Å²) in [6.45, 7) is 3.35. The maximum Gasteiger partial charge on any atom is 0.306 e. The zero-order chi connectivity index (χ0) is 48.0. The minimum absolute atomic E-state index is 0.152. The predicted octanol–water partition coefficient (Wildman–Crippen LogP) is 13.0. The summed E-state index contributed by atoms with van der Waals surface area (Å²) in [6, 6.07) is 0. The summed E-state index contributed by atoms with van der Waals surface area (Å²) in [5, 5.41) is 40.2. The SMILES string of the molecule is CCCCC/C=C/C/C=C/C/C=C/C/C=C/C/C=C/CCC(=O)OC[C@H](CO[C@@H]1O[C@H](CO)[C@H](O)C(O)C1O)OC(=O)CCCCCCCCCCCCCCCCCCCCCCCC. The average molecular weight is 931 g/mol. The summed E-state index contributed by atoms with van der Waals surface area (Å²) in [5.74, 6) is -0.896. The third-order valence-electron chi connectivity index (χ3n) is 12.2. The second-order valence-electron chi connectivity index (χ2n) is 18.3. The molecule has 1 saturated heterocycles. The molecule has 0 aliphatic carbocycles. The third kappa shape index (κ3) is 36.4. The van der Waals surface area contributed by atoms with Crippen LogP contribution >= 0.6 is 0 Å². The van der Waals surface area contributed by atoms with Crippen molar-refractivity contribution >= 4 is 11.9 Å². The van der Waals surface area contributed by atoms with E-state index in [0.717, 1.165) is 44.9 Å². The molecule has 66 heavy (non-hydrogen) atoms. The Bertz CT molecular complexity index is 1260. The number of allylic oxidation sites excluding steroid dienone is 10. The number of aliphatic hydroxyl groups is 4. The van der Waals surface area contributed by atoms with Gasteiger partial charge in [0.2, 0.25) is 0 Å². The van der Waals surface area contributed by atoms with E-state index in [1.807, 2.05) is 12.2 Å². The number of hydrogen-bond donors (Lipinski definition) is 4. The van der Waals surface area contributed by atoms with Crippen molar-refractivity contribution in [2.75, 3.05) is 19.8 Å². The maximum atomic E-state index is 12.8. The van der Waals surface area contributed by atoms with Crippen LogP contribution in [0.5, 0.6) is 0 Å². The van der Waals surface area contributed by atoms with Crippen molar-refractivity contribution in [3.8, 4) is 0 Å². The minimum Gasteiger partial charge on any atom is -0.462 e. The van der Waals surface area contributed by atoms with Crippen molar-refractivity contribution in [3.05, 3.63) is 60.8 Å². The molecule has 0 saturated carbocycles. The van der Waals surface area contributed by atoms with Gasteiger partial charge >= 0.3 is 11.9 Å². The first-order valence-electron chi connectivity index (χ1n) is 26.9. The average Bonchev–Trinajstić information content (AvgIpc) is 3.32. The second-order valence-corrected chi connectivity index (χ2v) is 18.3. The molecule has 0 radical (unpaired) electrons. The van der Waals surface area contributed by atoms with E-state index < -0.39 is 55.4 Å². The largest absolute Gasteiger partial charge is 0.462 e. The van der Waals surface area contributed by atoms with Crippen molar-refractivity contribution in [3.63, 3.8) is 0 Å². The number of rotatable bonds is 45. The Kier molecular flexibility index (Phi) is 42.9. The summed E-state index contributed by atoms with van der Waals surface area (Å²) in [6.07, 6.45) is 51.0. The highest BCUT2D eigenvalue weighted by molar-refractivity contribution is 5.70. The van der Waals surface area contributed by atoms with E-state index in [2.05, 4.69) is 62.5 Å². The summed E-state index contributed by atoms with van der Waals surface area (Å²) >= 11 is 0. The summed E-state index contributed by atoms with van der Waals surface area (Å²) < 4.78 is 22.2. The molecule has 1 heterocycles. The third-order valence-corrected chi connectivity index (χ3v) is 12.2. The van der Waals surface area contributed by atoms with Gasteiger partial charge < -0.3 is 39.4 Å². The van der Waals surface area contributed by atoms with Crippen LogP contribution in [0.15, 0.2) is 60.8 Å². The lowest BCUT2D eigenvalue weighted by molar-refractivity contribution is -0.305. The molecule has 6 atom stereocenters. The van der Waals surface area contributed by atoms with Gasteiger partial charge in [0.25, 0.3) is 0 Å². The molecule has 1 fully saturated rings. The number of esters is 2. The lowest BCUT2D eigenvalue weighted by Gasteiger charge is -2.39. The maximum absolute atomic E-state index is 12.8. The number of carbonyl (C=O) groups excluding carboxylic acids is 2. The molecular weight excluding hydrogens is 833 g/mol. The molecule has 0 bridgehead atoms. The lowest BCUT2D eigenvalue weighted by Crippen LogP contribution is -2.59. The van der Waals surface area contributed by atoms with Crippen LogP contribution in [0, 0.1) is 0 Å². The fraction of sp³-hybridized carbons (Fsp3) is 0.786. The van der Waals surface area contributed by atoms with Gasteiger partial charge in [0.05, 0.1) is 13.2 Å². The van der Waals surface area contributed by atoms with Gasteiger partial charge in [-0.3, -0.25) is 9.59 Å². The van der Waals surface area contributed by atoms with Crippen LogP contribution in [0.25, 0.3) is 0 Å². The highest BCUT2D eigenvalue weighted by atomic mass is 16.7. The van der Waals surface area contributed by atoms with Crippen LogP contribution < -0.4 is 0 Å². The Labute approximate surface area is 402 Å². The first-order valence-corrected chi connectivity index (χ1v) is 26.9. The Balaban J connectivity index is 2.28. The normalized spacial score (nSPS) is 19.6. The van der Waals surface area contributed by atoms with Crippen LogP contribution in [0.2, 0.25) is 0 Å². The number of carbonyl (C=O) groups is 2. The first kappa shape index (κ1) is 61.4. The van der Waals surface area contributed by atoms with Crippen LogP contribution in [0.3, 0.4) is 0 Å². The van der Waals surface area contributed by atoms with Crippen LogP contribution in [0.1, 0.15) is 226 Å². The second kappa shape index (κ2) is 46.1. The number of ether oxygens (including phenoxy) is 4. The smallest absolute Gasteiger partial charge is 0.306 e. The summed E-state index contributed by atoms with van der Waals surface area (Å²) in [7, 11) is 0. The van der Waals surface area contributed by atoms with Crippen molar-refractivity contribution in [2.45, 2.75) is 263 Å². The van der Waals surface area contributed by atoms with E-state index >= 15 is 0 Å². The molecule has 1 aliphatic heterocycles. The van der Waals surface area contributed by atoms with Crippen LogP contribution in [0.4, 0.5) is 0 Å². The number of hydrogen-bond acceptors (Lipinski definition) is 10. The standard InChI is InChI=1S/C56H98O10/c1-3-5-7-9-11-13-15-17-19-21-23-24-25-27-29-31-33-35-37-39-41-43-45-52(59)65-49(48-64-56-55(62)54(61)53(60)50(46-57)66-56)47-63-51(58)44-42-40-38-36-34-32-30-28-26-22-20-18-16-14-12-10-8-6-4-2/h12,14,18,20,26,28,32,34,38,40,49-50,53-57,60-62H,3-11,13,15-17,19,21-25,27,29-31,33,35-37,39,41-48H2,1-2H3/b14-12+,20-18+,28-26+,34-32+,40-38+/t49-,50-,53+,54?,55?,56-/m1/s1. The quantitative estimate of drug-likeness (QED) is 0.0264. The molecule has 4 N–H and O–H groups in total. The van der Waals surface area contributed by atoms with Gasteiger partial charge in [-0.1, -0.05) is 222 Å². The van der Waals surface area contributed by atoms with Gasteiger partial charge in [0, 0.05) is 12.8 Å². The molecule has 382 valence electrons. The van der Waals surface area contributed by atoms with E-state index in [9.17, 15) is 30.0 Å². The first-order chi connectivity index (χ1) is 32.3. The molecule has 0 aromatic rings. The number of aliphatic hydroxyl groups excluding tert-OH is 4. The van der Waals surface area contributed by atoms with Gasteiger partial charge in [0.1, 0.15) is 31.0 Å². The topological polar surface area (TPSA) is 152 Å². The van der Waals surface area contributed by atoms with E-state index in [0.29, 0.717) is 12.8 Å². The van der Waals surface area contributed by atoms with Crippen molar-refractivity contribution < 1.29 is 49.0 Å². The van der Waals surface area contributed by atoms with Crippen molar-refractivity contribution in [2.24, 2.45) is 0 Å². The van der Waals surface area contributed by atoms with E-state index in [1.54, 1.807) is 0 Å². The highest BCUT2D eigenvalue weighted by Crippen LogP contribution is 2.23. The summed E-state index contributed by atoms with van der Waals surface area (Å²) in [4.78, 5) is 25.4. The molecule has 1 rings (SSSR count). The van der Waals surface area contributed by atoms with E-state index in [4.69, 9.17) is 18.9 Å². The highest BCUT2D eigenvalue weighted by Gasteiger charge is 2.44. The van der Waals surface area contributed by atoms with Crippen molar-refractivity contribution in [1.29, 1.82) is 0 Å². The molecule has 10 heteroatoms. The van der Waals surface area contributed by atoms with Gasteiger partial charge in [0.15, 0.2) is 12.4 Å². The fourth-order valence-corrected chi connectivity index (χ4v) is 7.94. The molecule has 0 aromatic heterocycles. The van der Waals surface area contributed by atoms with Gasteiger partial charge in [-0.15, -0.1) is 0 Å². The molecular formula is C56H98O10. The summed E-state index contributed by atoms with van der Waals surface area (Å²) in [5.41, 5.74) is 0. The van der Waals surface area contributed by atoms with Crippen LogP contribution in [-0.2, 0) is 28.5 Å². The zero-order valence-corrected chi connectivity index (χ0v) is 41.9. The monoisotopic (exact) mass is 931 g/mol. The van der Waals surface area contributed by atoms with Crippen molar-refractivity contribution in [1.82, 2.24) is 0 Å². The minimum atomic E-state index is -1.61. The van der Waals surface area contributed by atoms with Crippen LogP contribution in [-0.4, -0.2) is 89.0 Å². The van der Waals surface area contributed by atoms with Gasteiger partial charge in [-0.25, -0.2) is 0 Å². The van der Waals surface area contributed by atoms with E-state index in [1.165, 1.54) is 141 Å². The lowest BCUT2D eigenvalue weighted by atomic mass is 9.99. The molecule has 0 spiro atoms. The molecule has 10 nitrogen and oxygen atoms in total.